The minimum Gasteiger partial charge on any atom is -0.495 e. The van der Waals surface area contributed by atoms with Crippen molar-refractivity contribution in [1.29, 1.82) is 0 Å². The third-order valence-corrected chi connectivity index (χ3v) is 5.71. The second-order valence-electron chi connectivity index (χ2n) is 7.98. The van der Waals surface area contributed by atoms with Gasteiger partial charge in [-0.2, -0.15) is 0 Å². The van der Waals surface area contributed by atoms with E-state index in [2.05, 4.69) is 4.98 Å². The Morgan fingerprint density at radius 3 is 2.69 bits per heavy atom. The minimum absolute atomic E-state index is 0.00640. The number of anilines is 3. The molecular weight excluding hydrogens is 414 g/mol. The highest BCUT2D eigenvalue weighted by molar-refractivity contribution is 6.05. The van der Waals surface area contributed by atoms with E-state index < -0.39 is 23.1 Å². The highest BCUT2D eigenvalue weighted by Crippen LogP contribution is 2.34. The quantitative estimate of drug-likeness (QED) is 0.662. The van der Waals surface area contributed by atoms with E-state index in [9.17, 15) is 19.2 Å². The van der Waals surface area contributed by atoms with Crippen LogP contribution in [0.4, 0.5) is 17.2 Å². The molecule has 1 aliphatic rings. The Balaban J connectivity index is 1.89. The topological polar surface area (TPSA) is 131 Å². The van der Waals surface area contributed by atoms with Crippen molar-refractivity contribution in [2.24, 2.45) is 5.92 Å². The number of ether oxygens (including phenoxy) is 1. The summed E-state index contributed by atoms with van der Waals surface area (Å²) in [5.74, 6) is -0.841. The average Bonchev–Trinajstić information content (AvgIpc) is 3.14. The number of aromatic nitrogens is 2. The number of hydrogen-bond acceptors (Lipinski definition) is 6. The van der Waals surface area contributed by atoms with Crippen LogP contribution in [0, 0.1) is 12.8 Å². The number of H-pyrrole nitrogens is 1. The van der Waals surface area contributed by atoms with Crippen molar-refractivity contribution >= 4 is 29.0 Å². The summed E-state index contributed by atoms with van der Waals surface area (Å²) in [7, 11) is 2.95. The SMILES string of the molecule is CCCCn1c(N)c(N(C)C(=O)[C@H]2CC(=O)N(c3cc(C)ccc3OC)C2)c(=O)[nH]c1=O. The predicted octanol–water partition coefficient (Wildman–Crippen LogP) is 1.25. The number of nitrogens with zero attached hydrogens (tertiary/aromatic N) is 3. The summed E-state index contributed by atoms with van der Waals surface area (Å²) in [4.78, 5) is 55.5. The van der Waals surface area contributed by atoms with Crippen molar-refractivity contribution in [1.82, 2.24) is 9.55 Å². The lowest BCUT2D eigenvalue weighted by atomic mass is 10.1. The molecule has 2 aromatic rings. The van der Waals surface area contributed by atoms with E-state index in [4.69, 9.17) is 10.5 Å². The zero-order valence-corrected chi connectivity index (χ0v) is 18.8. The molecule has 0 radical (unpaired) electrons. The number of unbranched alkanes of at least 4 members (excludes halogenated alkanes) is 1. The Labute approximate surface area is 185 Å². The van der Waals surface area contributed by atoms with Gasteiger partial charge in [0, 0.05) is 26.6 Å². The molecule has 172 valence electrons. The van der Waals surface area contributed by atoms with Crippen LogP contribution in [0.5, 0.6) is 5.75 Å². The van der Waals surface area contributed by atoms with Crippen molar-refractivity contribution in [3.8, 4) is 5.75 Å². The molecule has 1 saturated heterocycles. The molecule has 1 atom stereocenters. The maximum atomic E-state index is 13.2. The Morgan fingerprint density at radius 2 is 2.03 bits per heavy atom. The van der Waals surface area contributed by atoms with E-state index in [0.717, 1.165) is 16.9 Å². The molecule has 32 heavy (non-hydrogen) atoms. The molecule has 10 nitrogen and oxygen atoms in total. The molecule has 1 fully saturated rings. The molecule has 0 bridgehead atoms. The lowest BCUT2D eigenvalue weighted by Gasteiger charge is -2.23. The first-order valence-corrected chi connectivity index (χ1v) is 10.5. The number of carbonyl (C=O) groups excluding carboxylic acids is 2. The number of nitrogen functional groups attached to an aromatic ring is 1. The third-order valence-electron chi connectivity index (χ3n) is 5.71. The van der Waals surface area contributed by atoms with Crippen LogP contribution in [-0.4, -0.2) is 42.1 Å². The Kier molecular flexibility index (Phi) is 6.71. The van der Waals surface area contributed by atoms with Crippen molar-refractivity contribution in [3.05, 3.63) is 44.6 Å². The summed E-state index contributed by atoms with van der Waals surface area (Å²) in [5, 5.41) is 0. The second-order valence-corrected chi connectivity index (χ2v) is 7.98. The first-order chi connectivity index (χ1) is 15.2. The predicted molar refractivity (Wildman–Crippen MR) is 122 cm³/mol. The first-order valence-electron chi connectivity index (χ1n) is 10.5. The third kappa shape index (κ3) is 4.25. The van der Waals surface area contributed by atoms with Crippen LogP contribution in [0.2, 0.25) is 0 Å². The van der Waals surface area contributed by atoms with Crippen molar-refractivity contribution in [2.45, 2.75) is 39.7 Å². The monoisotopic (exact) mass is 443 g/mol. The average molecular weight is 444 g/mol. The van der Waals surface area contributed by atoms with Gasteiger partial charge in [0.1, 0.15) is 11.6 Å². The van der Waals surface area contributed by atoms with Gasteiger partial charge in [-0.05, 0) is 31.0 Å². The summed E-state index contributed by atoms with van der Waals surface area (Å²) in [5.41, 5.74) is 6.23. The first kappa shape index (κ1) is 23.1. The van der Waals surface area contributed by atoms with Crippen molar-refractivity contribution in [2.75, 3.05) is 36.2 Å². The minimum atomic E-state index is -0.738. The van der Waals surface area contributed by atoms with Gasteiger partial charge in [-0.25, -0.2) is 4.79 Å². The summed E-state index contributed by atoms with van der Waals surface area (Å²) >= 11 is 0. The molecule has 0 spiro atoms. The fourth-order valence-corrected chi connectivity index (χ4v) is 3.94. The molecule has 0 unspecified atom stereocenters. The van der Waals surface area contributed by atoms with E-state index in [1.165, 1.54) is 23.6 Å². The summed E-state index contributed by atoms with van der Waals surface area (Å²) in [6, 6.07) is 5.49. The molecule has 1 aliphatic heterocycles. The van der Waals surface area contributed by atoms with Gasteiger partial charge in [0.15, 0.2) is 5.69 Å². The van der Waals surface area contributed by atoms with Crippen LogP contribution in [0.25, 0.3) is 0 Å². The molecule has 3 N–H and O–H groups in total. The Hall–Kier alpha value is -3.56. The van der Waals surface area contributed by atoms with Crippen molar-refractivity contribution < 1.29 is 14.3 Å². The molecule has 2 amide bonds. The highest BCUT2D eigenvalue weighted by Gasteiger charge is 2.38. The Bertz CT molecular complexity index is 1150. The van der Waals surface area contributed by atoms with Gasteiger partial charge in [-0.1, -0.05) is 19.4 Å². The Morgan fingerprint density at radius 1 is 1.31 bits per heavy atom. The molecule has 0 saturated carbocycles. The molecule has 3 rings (SSSR count). The molecule has 1 aromatic heterocycles. The van der Waals surface area contributed by atoms with Gasteiger partial charge in [0.25, 0.3) is 5.56 Å². The lowest BCUT2D eigenvalue weighted by molar-refractivity contribution is -0.124. The van der Waals surface area contributed by atoms with E-state index in [-0.39, 0.29) is 30.4 Å². The van der Waals surface area contributed by atoms with Gasteiger partial charge in [0.2, 0.25) is 11.8 Å². The standard InChI is InChI=1S/C22H29N5O5/c1-5-6-9-26-19(23)18(20(29)24-22(26)31)25(3)21(30)14-11-17(28)27(12-14)15-10-13(2)7-8-16(15)32-4/h7-8,10,14H,5-6,9,11-12,23H2,1-4H3,(H,24,29,31)/t14-/m0/s1. The van der Waals surface area contributed by atoms with E-state index >= 15 is 0 Å². The van der Waals surface area contributed by atoms with Crippen LogP contribution in [-0.2, 0) is 16.1 Å². The number of nitrogens with one attached hydrogen (secondary N) is 1. The van der Waals surface area contributed by atoms with E-state index in [1.54, 1.807) is 6.07 Å². The summed E-state index contributed by atoms with van der Waals surface area (Å²) in [6.07, 6.45) is 1.52. The van der Waals surface area contributed by atoms with Gasteiger partial charge < -0.3 is 20.3 Å². The molecule has 1 aromatic carbocycles. The van der Waals surface area contributed by atoms with Crippen LogP contribution >= 0.6 is 0 Å². The highest BCUT2D eigenvalue weighted by atomic mass is 16.5. The van der Waals surface area contributed by atoms with Gasteiger partial charge in [-0.15, -0.1) is 0 Å². The number of aryl methyl sites for hydroxylation is 1. The number of benzene rings is 1. The van der Waals surface area contributed by atoms with E-state index in [0.29, 0.717) is 24.4 Å². The molecular formula is C22H29N5O5. The number of aromatic amines is 1. The van der Waals surface area contributed by atoms with Gasteiger partial charge >= 0.3 is 5.69 Å². The van der Waals surface area contributed by atoms with Gasteiger partial charge in [0.05, 0.1) is 18.7 Å². The number of nitrogens with two attached hydrogens (primary N) is 1. The fraction of sp³-hybridized carbons (Fsp3) is 0.455. The normalized spacial score (nSPS) is 15.8. The zero-order valence-electron chi connectivity index (χ0n) is 18.8. The molecule has 2 heterocycles. The summed E-state index contributed by atoms with van der Waals surface area (Å²) in [6.45, 7) is 4.35. The number of rotatable bonds is 7. The smallest absolute Gasteiger partial charge is 0.330 e. The van der Waals surface area contributed by atoms with Crippen molar-refractivity contribution in [3.63, 3.8) is 0 Å². The van der Waals surface area contributed by atoms with Crippen LogP contribution in [0.1, 0.15) is 31.7 Å². The number of carbonyl (C=O) groups is 2. The van der Waals surface area contributed by atoms with Crippen LogP contribution < -0.4 is 31.5 Å². The maximum Gasteiger partial charge on any atom is 0.330 e. The number of hydrogen-bond donors (Lipinski definition) is 2. The maximum absolute atomic E-state index is 13.2. The summed E-state index contributed by atoms with van der Waals surface area (Å²) < 4.78 is 6.64. The molecule has 10 heteroatoms. The second kappa shape index (κ2) is 9.29. The molecule has 0 aliphatic carbocycles. The van der Waals surface area contributed by atoms with Crippen LogP contribution in [0.15, 0.2) is 27.8 Å². The fourth-order valence-electron chi connectivity index (χ4n) is 3.94. The number of methoxy groups -OCH3 is 1. The largest absolute Gasteiger partial charge is 0.495 e. The van der Waals surface area contributed by atoms with Gasteiger partial charge in [-0.3, -0.25) is 23.9 Å². The van der Waals surface area contributed by atoms with E-state index in [1.807, 2.05) is 26.0 Å². The lowest BCUT2D eigenvalue weighted by Crippen LogP contribution is -2.42. The zero-order chi connectivity index (χ0) is 23.6. The number of amides is 2. The van der Waals surface area contributed by atoms with Crippen LogP contribution in [0.3, 0.4) is 0 Å².